The van der Waals surface area contributed by atoms with Crippen LogP contribution in [0, 0.1) is 0 Å². The molecule has 2 heterocycles. The first-order valence-corrected chi connectivity index (χ1v) is 6.88. The zero-order valence-corrected chi connectivity index (χ0v) is 11.9. The highest BCUT2D eigenvalue weighted by Crippen LogP contribution is 2.32. The number of hydrogen-bond donors (Lipinski definition) is 1. The Labute approximate surface area is 115 Å². The molecule has 18 heavy (non-hydrogen) atoms. The lowest BCUT2D eigenvalue weighted by atomic mass is 10.0. The Bertz CT molecular complexity index is 456. The van der Waals surface area contributed by atoms with Crippen LogP contribution in [0.4, 0.5) is 13.9 Å². The molecule has 2 rings (SSSR count). The highest BCUT2D eigenvalue weighted by atomic mass is 79.9. The van der Waals surface area contributed by atoms with Gasteiger partial charge >= 0.3 is 0 Å². The second kappa shape index (κ2) is 5.04. The topological polar surface area (TPSA) is 58.1 Å². The molecule has 0 radical (unpaired) electrons. The van der Waals surface area contributed by atoms with Gasteiger partial charge in [-0.1, -0.05) is 11.3 Å². The van der Waals surface area contributed by atoms with E-state index in [1.54, 1.807) is 0 Å². The van der Waals surface area contributed by atoms with Gasteiger partial charge in [-0.25, -0.2) is 8.78 Å². The quantitative estimate of drug-likeness (QED) is 0.889. The summed E-state index contributed by atoms with van der Waals surface area (Å²) in [4.78, 5) is 12.4. The summed E-state index contributed by atoms with van der Waals surface area (Å²) in [6.07, 6.45) is 0.184. The minimum absolute atomic E-state index is 0.184. The maximum Gasteiger partial charge on any atom is 0.285 e. The molecular weight excluding hydrogens is 330 g/mol. The maximum absolute atomic E-state index is 13.9. The zero-order valence-electron chi connectivity index (χ0n) is 9.49. The SMILES string of the molecule is CC(=O)N[C@H]1CCN(c2nnc(Br)s2)CC1(F)F. The number of rotatable bonds is 2. The Balaban J connectivity index is 2.07. The van der Waals surface area contributed by atoms with Crippen molar-refractivity contribution in [1.82, 2.24) is 15.5 Å². The van der Waals surface area contributed by atoms with E-state index in [-0.39, 0.29) is 6.42 Å². The third kappa shape index (κ3) is 2.94. The lowest BCUT2D eigenvalue weighted by molar-refractivity contribution is -0.124. The van der Waals surface area contributed by atoms with E-state index in [9.17, 15) is 13.6 Å². The fourth-order valence-electron chi connectivity index (χ4n) is 1.85. The van der Waals surface area contributed by atoms with Gasteiger partial charge in [0.15, 0.2) is 3.92 Å². The van der Waals surface area contributed by atoms with Gasteiger partial charge in [-0.3, -0.25) is 4.79 Å². The summed E-state index contributed by atoms with van der Waals surface area (Å²) in [5.41, 5.74) is 0. The maximum atomic E-state index is 13.9. The first kappa shape index (κ1) is 13.6. The number of piperidine rings is 1. The van der Waals surface area contributed by atoms with Crippen molar-refractivity contribution in [3.63, 3.8) is 0 Å². The lowest BCUT2D eigenvalue weighted by Gasteiger charge is -2.38. The third-order valence-corrected chi connectivity index (χ3v) is 4.05. The van der Waals surface area contributed by atoms with E-state index in [0.29, 0.717) is 15.6 Å². The van der Waals surface area contributed by atoms with Crippen molar-refractivity contribution in [2.24, 2.45) is 0 Å². The molecule has 1 aromatic heterocycles. The number of hydrogen-bond acceptors (Lipinski definition) is 5. The zero-order chi connectivity index (χ0) is 13.3. The Morgan fingerprint density at radius 1 is 1.61 bits per heavy atom. The Hall–Kier alpha value is -0.830. The van der Waals surface area contributed by atoms with Crippen LogP contribution in [0.2, 0.25) is 0 Å². The van der Waals surface area contributed by atoms with E-state index < -0.39 is 24.4 Å². The molecule has 0 aromatic carbocycles. The Morgan fingerprint density at radius 2 is 2.33 bits per heavy atom. The van der Waals surface area contributed by atoms with Crippen LogP contribution >= 0.6 is 27.3 Å². The summed E-state index contributed by atoms with van der Waals surface area (Å²) in [6, 6.07) is -1.11. The van der Waals surface area contributed by atoms with E-state index in [2.05, 4.69) is 31.4 Å². The largest absolute Gasteiger partial charge is 0.347 e. The summed E-state index contributed by atoms with van der Waals surface area (Å²) in [5, 5.41) is 10.3. The van der Waals surface area contributed by atoms with Crippen molar-refractivity contribution >= 4 is 38.3 Å². The molecule has 0 spiro atoms. The van der Waals surface area contributed by atoms with Crippen LogP contribution in [-0.4, -0.2) is 41.2 Å². The molecular formula is C9H11BrF2N4OS. The summed E-state index contributed by atoms with van der Waals surface area (Å²) in [7, 11) is 0. The monoisotopic (exact) mass is 340 g/mol. The Morgan fingerprint density at radius 3 is 2.83 bits per heavy atom. The van der Waals surface area contributed by atoms with E-state index in [0.717, 1.165) is 0 Å². The van der Waals surface area contributed by atoms with Crippen molar-refractivity contribution in [1.29, 1.82) is 0 Å². The van der Waals surface area contributed by atoms with E-state index in [1.165, 1.54) is 23.2 Å². The fraction of sp³-hybridized carbons (Fsp3) is 0.667. The molecule has 0 bridgehead atoms. The van der Waals surface area contributed by atoms with Crippen molar-refractivity contribution in [2.45, 2.75) is 25.3 Å². The smallest absolute Gasteiger partial charge is 0.285 e. The number of aromatic nitrogens is 2. The van der Waals surface area contributed by atoms with Crippen LogP contribution in [0.3, 0.4) is 0 Å². The molecule has 0 unspecified atom stereocenters. The molecule has 5 nitrogen and oxygen atoms in total. The second-order valence-corrected chi connectivity index (χ2v) is 6.29. The van der Waals surface area contributed by atoms with Crippen molar-refractivity contribution in [3.05, 3.63) is 3.92 Å². The molecule has 0 aliphatic carbocycles. The molecule has 1 atom stereocenters. The van der Waals surface area contributed by atoms with Crippen LogP contribution in [0.15, 0.2) is 3.92 Å². The summed E-state index contributed by atoms with van der Waals surface area (Å²) in [6.45, 7) is 1.20. The molecule has 1 saturated heterocycles. The number of amides is 1. The van der Waals surface area contributed by atoms with Crippen molar-refractivity contribution < 1.29 is 13.6 Å². The van der Waals surface area contributed by atoms with Gasteiger partial charge in [-0.05, 0) is 22.4 Å². The van der Waals surface area contributed by atoms with Crippen LogP contribution in [0.25, 0.3) is 0 Å². The van der Waals surface area contributed by atoms with Gasteiger partial charge in [0.05, 0.1) is 12.6 Å². The molecule has 1 N–H and O–H groups in total. The molecule has 1 aliphatic heterocycles. The van der Waals surface area contributed by atoms with Gasteiger partial charge in [0.1, 0.15) is 0 Å². The van der Waals surface area contributed by atoms with Crippen LogP contribution in [-0.2, 0) is 4.79 Å². The van der Waals surface area contributed by atoms with Crippen LogP contribution < -0.4 is 10.2 Å². The summed E-state index contributed by atoms with van der Waals surface area (Å²) < 4.78 is 28.3. The van der Waals surface area contributed by atoms with E-state index in [4.69, 9.17) is 0 Å². The third-order valence-electron chi connectivity index (χ3n) is 2.64. The molecule has 9 heteroatoms. The molecule has 1 aromatic rings. The second-order valence-electron chi connectivity index (χ2n) is 4.06. The first-order valence-electron chi connectivity index (χ1n) is 5.27. The molecule has 1 amide bonds. The molecule has 1 fully saturated rings. The first-order chi connectivity index (χ1) is 8.38. The number of nitrogens with one attached hydrogen (secondary N) is 1. The van der Waals surface area contributed by atoms with Crippen LogP contribution in [0.5, 0.6) is 0 Å². The average molecular weight is 341 g/mol. The minimum atomic E-state index is -2.97. The van der Waals surface area contributed by atoms with E-state index in [1.807, 2.05) is 0 Å². The summed E-state index contributed by atoms with van der Waals surface area (Å²) >= 11 is 4.36. The highest BCUT2D eigenvalue weighted by Gasteiger charge is 2.45. The predicted molar refractivity (Wildman–Crippen MR) is 67.0 cm³/mol. The lowest BCUT2D eigenvalue weighted by Crippen LogP contribution is -2.58. The predicted octanol–water partition coefficient (Wildman–Crippen LogP) is 1.65. The number of carbonyl (C=O) groups is 1. The average Bonchev–Trinajstić information content (AvgIpc) is 2.67. The molecule has 100 valence electrons. The van der Waals surface area contributed by atoms with Gasteiger partial charge in [0, 0.05) is 13.5 Å². The normalized spacial score (nSPS) is 22.9. The van der Waals surface area contributed by atoms with Gasteiger partial charge in [-0.15, -0.1) is 10.2 Å². The number of carbonyl (C=O) groups excluding carboxylic acids is 1. The number of alkyl halides is 2. The van der Waals surface area contributed by atoms with Gasteiger partial charge in [0.2, 0.25) is 11.0 Å². The van der Waals surface area contributed by atoms with Gasteiger partial charge in [-0.2, -0.15) is 0 Å². The number of anilines is 1. The van der Waals surface area contributed by atoms with Crippen molar-refractivity contribution in [2.75, 3.05) is 18.0 Å². The van der Waals surface area contributed by atoms with Gasteiger partial charge in [0.25, 0.3) is 5.92 Å². The van der Waals surface area contributed by atoms with E-state index >= 15 is 0 Å². The van der Waals surface area contributed by atoms with Crippen molar-refractivity contribution in [3.8, 4) is 0 Å². The summed E-state index contributed by atoms with van der Waals surface area (Å²) in [5.74, 6) is -3.41. The standard InChI is InChI=1S/C9H11BrF2N4OS/c1-5(17)13-6-2-3-16(4-9(6,11)12)8-15-14-7(10)18-8/h6H,2-4H2,1H3,(H,13,17)/t6-/m0/s1. The Kier molecular flexibility index (Phi) is 3.81. The highest BCUT2D eigenvalue weighted by molar-refractivity contribution is 9.11. The van der Waals surface area contributed by atoms with Gasteiger partial charge < -0.3 is 10.2 Å². The minimum Gasteiger partial charge on any atom is -0.347 e. The fourth-order valence-corrected chi connectivity index (χ4v) is 2.96. The number of nitrogens with zero attached hydrogens (tertiary/aromatic N) is 3. The molecule has 0 saturated carbocycles. The molecule has 1 aliphatic rings. The number of halogens is 3. The van der Waals surface area contributed by atoms with Crippen LogP contribution in [0.1, 0.15) is 13.3 Å².